The molecule has 3 aromatic carbocycles. The Labute approximate surface area is 205 Å². The summed E-state index contributed by atoms with van der Waals surface area (Å²) in [5.41, 5.74) is 0.346. The number of aromatic nitrogens is 2. The van der Waals surface area contributed by atoms with Crippen molar-refractivity contribution < 1.29 is 47.6 Å². The van der Waals surface area contributed by atoms with Gasteiger partial charge in [0.15, 0.2) is 0 Å². The first kappa shape index (κ1) is 23.6. The molecular formula is C21H15N4NaO5S. The van der Waals surface area contributed by atoms with E-state index in [2.05, 4.69) is 10.2 Å². The molecule has 0 unspecified atom stereocenters. The largest absolute Gasteiger partial charge is 1.00 e. The Hall–Kier alpha value is -3.02. The molecule has 0 aliphatic rings. The summed E-state index contributed by atoms with van der Waals surface area (Å²) in [6.45, 7) is 0. The van der Waals surface area contributed by atoms with E-state index in [1.54, 1.807) is 60.7 Å². The van der Waals surface area contributed by atoms with E-state index in [9.17, 15) is 22.9 Å². The summed E-state index contributed by atoms with van der Waals surface area (Å²) in [5.74, 6) is -0.414. The van der Waals surface area contributed by atoms with Crippen molar-refractivity contribution in [2.45, 2.75) is 4.90 Å². The molecule has 11 heteroatoms. The standard InChI is InChI=1S/C21H16N4O5S.Na/c26-20-19(23-22-15-11-13-18(14-12-15)31(28,29)30)21(27)25(17-9-5-2-6-10-17)24(20)16-7-3-1-4-8-16;/h1-14,26H,(H,28,29,30);/q;+1/p-1. The molecule has 0 amide bonds. The molecule has 0 saturated carbocycles. The molecule has 1 aromatic heterocycles. The molecule has 9 nitrogen and oxygen atoms in total. The van der Waals surface area contributed by atoms with E-state index in [1.165, 1.54) is 21.5 Å². The second-order valence-electron chi connectivity index (χ2n) is 6.42. The number of aromatic hydroxyl groups is 1. The zero-order valence-corrected chi connectivity index (χ0v) is 19.7. The van der Waals surface area contributed by atoms with Crippen molar-refractivity contribution in [3.8, 4) is 17.3 Å². The van der Waals surface area contributed by atoms with Crippen LogP contribution in [-0.2, 0) is 10.1 Å². The second-order valence-corrected chi connectivity index (χ2v) is 7.80. The van der Waals surface area contributed by atoms with Gasteiger partial charge < -0.3 is 9.66 Å². The molecule has 0 saturated heterocycles. The molecule has 0 aliphatic carbocycles. The second kappa shape index (κ2) is 9.63. The van der Waals surface area contributed by atoms with E-state index in [-0.39, 0.29) is 40.9 Å². The first-order valence-electron chi connectivity index (χ1n) is 9.02. The van der Waals surface area contributed by atoms with Crippen molar-refractivity contribution in [2.75, 3.05) is 0 Å². The molecular weight excluding hydrogens is 443 g/mol. The minimum Gasteiger partial charge on any atom is -0.744 e. The van der Waals surface area contributed by atoms with Gasteiger partial charge in [-0.25, -0.2) is 17.8 Å². The number of azo groups is 1. The Morgan fingerprint density at radius 3 is 1.75 bits per heavy atom. The van der Waals surface area contributed by atoms with Gasteiger partial charge in [0.2, 0.25) is 11.6 Å². The van der Waals surface area contributed by atoms with Crippen LogP contribution in [0.15, 0.2) is 105 Å². The van der Waals surface area contributed by atoms with Gasteiger partial charge in [0.25, 0.3) is 0 Å². The van der Waals surface area contributed by atoms with Gasteiger partial charge in [0.1, 0.15) is 10.1 Å². The average Bonchev–Trinajstić information content (AvgIpc) is 3.03. The Balaban J connectivity index is 0.00000289. The maximum absolute atomic E-state index is 13.1. The monoisotopic (exact) mass is 458 g/mol. The number of nitrogens with zero attached hydrogens (tertiary/aromatic N) is 4. The first-order valence-corrected chi connectivity index (χ1v) is 10.4. The molecule has 0 atom stereocenters. The Bertz CT molecular complexity index is 1420. The third kappa shape index (κ3) is 4.74. The fourth-order valence-electron chi connectivity index (χ4n) is 2.97. The summed E-state index contributed by atoms with van der Waals surface area (Å²) in [6, 6.07) is 22.3. The van der Waals surface area contributed by atoms with Crippen LogP contribution in [0, 0.1) is 0 Å². The van der Waals surface area contributed by atoms with Crippen LogP contribution in [0.25, 0.3) is 11.4 Å². The topological polar surface area (TPSA) is 129 Å². The SMILES string of the molecule is O=c1c(N=Nc2ccc(S(=O)(=O)[O-])cc2)c(O)n(-c2ccccc2)n1-c1ccccc1.[Na+]. The zero-order chi connectivity index (χ0) is 22.0. The van der Waals surface area contributed by atoms with Gasteiger partial charge in [0, 0.05) is 0 Å². The van der Waals surface area contributed by atoms with Crippen LogP contribution in [0.5, 0.6) is 5.88 Å². The zero-order valence-electron chi connectivity index (χ0n) is 16.9. The van der Waals surface area contributed by atoms with Gasteiger partial charge >= 0.3 is 35.1 Å². The van der Waals surface area contributed by atoms with Gasteiger partial charge in [-0.3, -0.25) is 4.79 Å². The summed E-state index contributed by atoms with van der Waals surface area (Å²) in [4.78, 5) is 12.7. The number of hydrogen-bond donors (Lipinski definition) is 1. The number of hydrogen-bond acceptors (Lipinski definition) is 7. The van der Waals surface area contributed by atoms with E-state index in [4.69, 9.17) is 0 Å². The smallest absolute Gasteiger partial charge is 0.744 e. The maximum atomic E-state index is 13.1. The minimum atomic E-state index is -4.58. The molecule has 1 heterocycles. The van der Waals surface area contributed by atoms with Crippen molar-refractivity contribution in [1.29, 1.82) is 0 Å². The van der Waals surface area contributed by atoms with Crippen molar-refractivity contribution in [1.82, 2.24) is 9.36 Å². The van der Waals surface area contributed by atoms with Crippen LogP contribution in [0.1, 0.15) is 0 Å². The van der Waals surface area contributed by atoms with Crippen LogP contribution < -0.4 is 35.1 Å². The predicted molar refractivity (Wildman–Crippen MR) is 112 cm³/mol. The fourth-order valence-corrected chi connectivity index (χ4v) is 3.43. The summed E-state index contributed by atoms with van der Waals surface area (Å²) < 4.78 is 35.7. The summed E-state index contributed by atoms with van der Waals surface area (Å²) >= 11 is 0. The van der Waals surface area contributed by atoms with Gasteiger partial charge in [-0.15, -0.1) is 5.11 Å². The summed E-state index contributed by atoms with van der Waals surface area (Å²) in [6.07, 6.45) is 0. The predicted octanol–water partition coefficient (Wildman–Crippen LogP) is 0.657. The maximum Gasteiger partial charge on any atom is 1.00 e. The fraction of sp³-hybridized carbons (Fsp3) is 0. The average molecular weight is 458 g/mol. The van der Waals surface area contributed by atoms with Crippen LogP contribution in [0.4, 0.5) is 11.4 Å². The van der Waals surface area contributed by atoms with Crippen LogP contribution in [-0.4, -0.2) is 27.4 Å². The first-order chi connectivity index (χ1) is 14.9. The molecule has 0 aliphatic heterocycles. The summed E-state index contributed by atoms with van der Waals surface area (Å²) in [7, 11) is -4.58. The van der Waals surface area contributed by atoms with Gasteiger partial charge in [-0.1, -0.05) is 36.4 Å². The van der Waals surface area contributed by atoms with Gasteiger partial charge in [0.05, 0.1) is 22.0 Å². The van der Waals surface area contributed by atoms with E-state index in [0.717, 1.165) is 12.1 Å². The van der Waals surface area contributed by atoms with Crippen LogP contribution >= 0.6 is 0 Å². The molecule has 4 rings (SSSR count). The quantitative estimate of drug-likeness (QED) is 0.267. The van der Waals surface area contributed by atoms with E-state index in [1.807, 2.05) is 0 Å². The van der Waals surface area contributed by atoms with Crippen LogP contribution in [0.3, 0.4) is 0 Å². The Kier molecular flexibility index (Phi) is 7.12. The van der Waals surface area contributed by atoms with E-state index in [0.29, 0.717) is 11.4 Å². The molecule has 156 valence electrons. The van der Waals surface area contributed by atoms with Crippen molar-refractivity contribution in [2.24, 2.45) is 10.2 Å². The number of rotatable bonds is 5. The molecule has 32 heavy (non-hydrogen) atoms. The Morgan fingerprint density at radius 2 is 1.25 bits per heavy atom. The van der Waals surface area contributed by atoms with Gasteiger partial charge in [-0.05, 0) is 48.5 Å². The minimum absolute atomic E-state index is 0. The number of para-hydroxylation sites is 2. The summed E-state index contributed by atoms with van der Waals surface area (Å²) in [5, 5.41) is 18.6. The van der Waals surface area contributed by atoms with Crippen LogP contribution in [0.2, 0.25) is 0 Å². The Morgan fingerprint density at radius 1 is 0.750 bits per heavy atom. The van der Waals surface area contributed by atoms with E-state index < -0.39 is 26.5 Å². The normalized spacial score (nSPS) is 11.4. The molecule has 0 radical (unpaired) electrons. The van der Waals surface area contributed by atoms with Crippen molar-refractivity contribution >= 4 is 21.5 Å². The molecule has 0 bridgehead atoms. The molecule has 0 spiro atoms. The molecule has 0 fully saturated rings. The van der Waals surface area contributed by atoms with E-state index >= 15 is 0 Å². The van der Waals surface area contributed by atoms with Crippen molar-refractivity contribution in [3.05, 3.63) is 95.3 Å². The molecule has 4 aromatic rings. The van der Waals surface area contributed by atoms with Crippen molar-refractivity contribution in [3.63, 3.8) is 0 Å². The third-order valence-corrected chi connectivity index (χ3v) is 5.25. The number of benzene rings is 3. The third-order valence-electron chi connectivity index (χ3n) is 4.40. The van der Waals surface area contributed by atoms with Gasteiger partial charge in [-0.2, -0.15) is 5.11 Å². The molecule has 1 N–H and O–H groups in total.